The van der Waals surface area contributed by atoms with Crippen LogP contribution in [0.1, 0.15) is 23.9 Å². The summed E-state index contributed by atoms with van der Waals surface area (Å²) in [5, 5.41) is 4.25. The fourth-order valence-electron chi connectivity index (χ4n) is 2.40. The van der Waals surface area contributed by atoms with Crippen LogP contribution in [0.5, 0.6) is 0 Å². The molecule has 1 aromatic heterocycles. The highest BCUT2D eigenvalue weighted by Crippen LogP contribution is 2.33. The number of thiazole rings is 1. The predicted molar refractivity (Wildman–Crippen MR) is 76.6 cm³/mol. The number of thioether (sulfide) groups is 1. The number of nitrogens with one attached hydrogen (secondary N) is 1. The SMILES string of the molecule is CC(=O)SC1CC(=O)N(c2nc3c(s2)CNCC3)C1. The van der Waals surface area contributed by atoms with E-state index in [1.807, 2.05) is 0 Å². The standard InChI is InChI=1S/C12H15N3O2S2/c1-7(16)18-8-4-11(17)15(6-8)12-14-9-2-3-13-5-10(9)19-12/h8,13H,2-6H2,1H3. The van der Waals surface area contributed by atoms with E-state index in [4.69, 9.17) is 0 Å². The minimum Gasteiger partial charge on any atom is -0.311 e. The lowest BCUT2D eigenvalue weighted by atomic mass is 10.2. The molecule has 1 aromatic rings. The van der Waals surface area contributed by atoms with Crippen molar-refractivity contribution in [3.05, 3.63) is 10.6 Å². The van der Waals surface area contributed by atoms with E-state index < -0.39 is 0 Å². The number of amides is 1. The Balaban J connectivity index is 1.77. The van der Waals surface area contributed by atoms with Crippen molar-refractivity contribution in [3.63, 3.8) is 0 Å². The second kappa shape index (κ2) is 5.22. The Morgan fingerprint density at radius 1 is 1.58 bits per heavy atom. The van der Waals surface area contributed by atoms with Crippen LogP contribution in [0.2, 0.25) is 0 Å². The molecule has 1 fully saturated rings. The van der Waals surface area contributed by atoms with Crippen molar-refractivity contribution >= 4 is 39.3 Å². The van der Waals surface area contributed by atoms with Crippen molar-refractivity contribution in [2.45, 2.75) is 31.6 Å². The minimum atomic E-state index is 0.0716. The van der Waals surface area contributed by atoms with Gasteiger partial charge in [0.25, 0.3) is 0 Å². The van der Waals surface area contributed by atoms with Gasteiger partial charge >= 0.3 is 0 Å². The van der Waals surface area contributed by atoms with Crippen LogP contribution in [0.4, 0.5) is 5.13 Å². The summed E-state index contributed by atoms with van der Waals surface area (Å²) < 4.78 is 0. The second-order valence-corrected chi connectivity index (χ2v) is 7.27. The van der Waals surface area contributed by atoms with Crippen molar-refractivity contribution in [1.82, 2.24) is 10.3 Å². The number of anilines is 1. The number of hydrogen-bond donors (Lipinski definition) is 1. The minimum absolute atomic E-state index is 0.0716. The number of carbonyl (C=O) groups is 2. The second-order valence-electron chi connectivity index (χ2n) is 4.73. The summed E-state index contributed by atoms with van der Waals surface area (Å²) in [7, 11) is 0. The van der Waals surface area contributed by atoms with Crippen LogP contribution in [0.3, 0.4) is 0 Å². The Labute approximate surface area is 119 Å². The maximum absolute atomic E-state index is 12.0. The smallest absolute Gasteiger partial charge is 0.230 e. The Bertz CT molecular complexity index is 506. The van der Waals surface area contributed by atoms with Crippen molar-refractivity contribution < 1.29 is 9.59 Å². The van der Waals surface area contributed by atoms with Gasteiger partial charge in [-0.1, -0.05) is 23.1 Å². The molecule has 0 saturated carbocycles. The molecule has 0 bridgehead atoms. The Hall–Kier alpha value is -0.920. The molecule has 19 heavy (non-hydrogen) atoms. The zero-order chi connectivity index (χ0) is 13.4. The largest absolute Gasteiger partial charge is 0.311 e. The highest BCUT2D eigenvalue weighted by molar-refractivity contribution is 8.14. The number of fused-ring (bicyclic) bond motifs is 1. The lowest BCUT2D eigenvalue weighted by Crippen LogP contribution is -2.25. The molecule has 0 aliphatic carbocycles. The average molecular weight is 297 g/mol. The van der Waals surface area contributed by atoms with Crippen molar-refractivity contribution in [1.29, 1.82) is 0 Å². The van der Waals surface area contributed by atoms with E-state index in [2.05, 4.69) is 10.3 Å². The highest BCUT2D eigenvalue weighted by atomic mass is 32.2. The Morgan fingerprint density at radius 2 is 2.42 bits per heavy atom. The number of hydrogen-bond acceptors (Lipinski definition) is 6. The number of rotatable bonds is 2. The monoisotopic (exact) mass is 297 g/mol. The molecule has 0 radical (unpaired) electrons. The lowest BCUT2D eigenvalue weighted by Gasteiger charge is -2.11. The van der Waals surface area contributed by atoms with E-state index in [0.29, 0.717) is 13.0 Å². The van der Waals surface area contributed by atoms with E-state index >= 15 is 0 Å². The van der Waals surface area contributed by atoms with Crippen LogP contribution >= 0.6 is 23.1 Å². The molecule has 3 heterocycles. The molecule has 2 aliphatic heterocycles. The summed E-state index contributed by atoms with van der Waals surface area (Å²) in [4.78, 5) is 30.7. The van der Waals surface area contributed by atoms with Crippen molar-refractivity contribution in [2.24, 2.45) is 0 Å². The molecule has 1 unspecified atom stereocenters. The number of carbonyl (C=O) groups excluding carboxylic acids is 2. The molecule has 0 spiro atoms. The zero-order valence-corrected chi connectivity index (χ0v) is 12.3. The van der Waals surface area contributed by atoms with E-state index in [0.717, 1.165) is 30.3 Å². The normalized spacial score (nSPS) is 22.7. The third-order valence-corrected chi connectivity index (χ3v) is 5.35. The van der Waals surface area contributed by atoms with E-state index in [1.54, 1.807) is 23.2 Å². The first-order chi connectivity index (χ1) is 9.13. The molecule has 7 heteroatoms. The van der Waals surface area contributed by atoms with Crippen LogP contribution in [0, 0.1) is 0 Å². The van der Waals surface area contributed by atoms with Gasteiger partial charge in [-0.3, -0.25) is 14.5 Å². The Morgan fingerprint density at radius 3 is 3.16 bits per heavy atom. The van der Waals surface area contributed by atoms with Crippen LogP contribution < -0.4 is 10.2 Å². The molecule has 1 saturated heterocycles. The lowest BCUT2D eigenvalue weighted by molar-refractivity contribution is -0.117. The van der Waals surface area contributed by atoms with Gasteiger partial charge in [0, 0.05) is 49.5 Å². The fourth-order valence-corrected chi connectivity index (χ4v) is 4.42. The van der Waals surface area contributed by atoms with Gasteiger partial charge < -0.3 is 5.32 Å². The average Bonchev–Trinajstić information content (AvgIpc) is 2.91. The molecule has 1 atom stereocenters. The highest BCUT2D eigenvalue weighted by Gasteiger charge is 2.34. The van der Waals surface area contributed by atoms with Gasteiger partial charge in [0.05, 0.1) is 5.69 Å². The van der Waals surface area contributed by atoms with Crippen LogP contribution in [-0.2, 0) is 22.6 Å². The first-order valence-electron chi connectivity index (χ1n) is 6.30. The molecule has 3 rings (SSSR count). The van der Waals surface area contributed by atoms with Crippen LogP contribution in [0.25, 0.3) is 0 Å². The zero-order valence-electron chi connectivity index (χ0n) is 10.6. The summed E-state index contributed by atoms with van der Waals surface area (Å²) in [6, 6.07) is 0. The van der Waals surface area contributed by atoms with Crippen LogP contribution in [-0.4, -0.2) is 34.3 Å². The van der Waals surface area contributed by atoms with Crippen molar-refractivity contribution in [3.8, 4) is 0 Å². The third-order valence-electron chi connectivity index (χ3n) is 3.24. The molecule has 1 amide bonds. The van der Waals surface area contributed by atoms with E-state index in [9.17, 15) is 9.59 Å². The fraction of sp³-hybridized carbons (Fsp3) is 0.583. The first kappa shape index (κ1) is 13.1. The van der Waals surface area contributed by atoms with Gasteiger partial charge in [0.1, 0.15) is 0 Å². The molecule has 0 aromatic carbocycles. The van der Waals surface area contributed by atoms with E-state index in [-0.39, 0.29) is 16.3 Å². The molecule has 2 aliphatic rings. The van der Waals surface area contributed by atoms with Gasteiger partial charge in [0.2, 0.25) is 5.91 Å². The summed E-state index contributed by atoms with van der Waals surface area (Å²) in [6.45, 7) is 3.95. The maximum Gasteiger partial charge on any atom is 0.230 e. The van der Waals surface area contributed by atoms with E-state index in [1.165, 1.54) is 16.6 Å². The molecular weight excluding hydrogens is 282 g/mol. The summed E-state index contributed by atoms with van der Waals surface area (Å²) in [6.07, 6.45) is 1.37. The number of nitrogens with zero attached hydrogens (tertiary/aromatic N) is 2. The third kappa shape index (κ3) is 2.68. The Kier molecular flexibility index (Phi) is 3.60. The number of aromatic nitrogens is 1. The summed E-state index contributed by atoms with van der Waals surface area (Å²) in [5.74, 6) is 0.0813. The van der Waals surface area contributed by atoms with Gasteiger partial charge in [-0.15, -0.1) is 0 Å². The maximum atomic E-state index is 12.0. The van der Waals surface area contributed by atoms with Crippen molar-refractivity contribution in [2.75, 3.05) is 18.0 Å². The quantitative estimate of drug-likeness (QED) is 0.888. The molecule has 102 valence electrons. The molecular formula is C12H15N3O2S2. The first-order valence-corrected chi connectivity index (χ1v) is 8.00. The predicted octanol–water partition coefficient (Wildman–Crippen LogP) is 1.17. The summed E-state index contributed by atoms with van der Waals surface area (Å²) >= 11 is 2.86. The van der Waals surface area contributed by atoms with Gasteiger partial charge in [0.15, 0.2) is 10.2 Å². The van der Waals surface area contributed by atoms with Crippen LogP contribution in [0.15, 0.2) is 0 Å². The van der Waals surface area contributed by atoms with Gasteiger partial charge in [-0.05, 0) is 0 Å². The summed E-state index contributed by atoms with van der Waals surface area (Å²) in [5.41, 5.74) is 1.12. The van der Waals surface area contributed by atoms with Gasteiger partial charge in [-0.2, -0.15) is 0 Å². The van der Waals surface area contributed by atoms with Gasteiger partial charge in [-0.25, -0.2) is 4.98 Å². The molecule has 1 N–H and O–H groups in total. The molecule has 5 nitrogen and oxygen atoms in total. The topological polar surface area (TPSA) is 62.3 Å².